The zero-order valence-corrected chi connectivity index (χ0v) is 14.4. The maximum atomic E-state index is 9.36. The number of hydrazone groups is 1. The van der Waals surface area contributed by atoms with Crippen LogP contribution < -0.4 is 5.43 Å². The van der Waals surface area contributed by atoms with E-state index in [9.17, 15) is 5.11 Å². The lowest BCUT2D eigenvalue weighted by Crippen LogP contribution is -2.20. The van der Waals surface area contributed by atoms with E-state index >= 15 is 0 Å². The average Bonchev–Trinajstić information content (AvgIpc) is 3.14. The molecule has 0 fully saturated rings. The topological polar surface area (TPSA) is 85.7 Å². The first-order chi connectivity index (χ1) is 13.3. The number of amidine groups is 1. The second kappa shape index (κ2) is 7.53. The summed E-state index contributed by atoms with van der Waals surface area (Å²) in [6, 6.07) is 24.2. The molecule has 0 atom stereocenters. The molecule has 0 spiro atoms. The number of benzene rings is 3. The minimum Gasteiger partial charge on any atom is -0.508 e. The number of hydrogen-bond acceptors (Lipinski definition) is 4. The Balaban J connectivity index is 1.65. The third kappa shape index (κ3) is 4.01. The van der Waals surface area contributed by atoms with Crippen molar-refractivity contribution in [2.45, 2.75) is 0 Å². The van der Waals surface area contributed by atoms with Gasteiger partial charge >= 0.3 is 0 Å². The molecule has 0 bridgehead atoms. The van der Waals surface area contributed by atoms with Crippen LogP contribution >= 0.6 is 0 Å². The predicted molar refractivity (Wildman–Crippen MR) is 108 cm³/mol. The van der Waals surface area contributed by atoms with Gasteiger partial charge in [-0.1, -0.05) is 30.3 Å². The Bertz CT molecular complexity index is 1070. The normalized spacial score (nSPS) is 11.9. The lowest BCUT2D eigenvalue weighted by Gasteiger charge is -2.03. The van der Waals surface area contributed by atoms with Gasteiger partial charge in [0, 0.05) is 0 Å². The van der Waals surface area contributed by atoms with Gasteiger partial charge in [-0.2, -0.15) is 5.10 Å². The molecule has 0 aliphatic rings. The lowest BCUT2D eigenvalue weighted by molar-refractivity contribution is 0.475. The van der Waals surface area contributed by atoms with Gasteiger partial charge in [0.05, 0.1) is 22.9 Å². The highest BCUT2D eigenvalue weighted by molar-refractivity contribution is 6.00. The van der Waals surface area contributed by atoms with Crippen LogP contribution in [0.3, 0.4) is 0 Å². The number of aliphatic imine (C=N–C) groups is 1. The number of para-hydroxylation sites is 3. The Morgan fingerprint density at radius 2 is 1.67 bits per heavy atom. The number of rotatable bonds is 4. The van der Waals surface area contributed by atoms with Crippen LogP contribution in [0.4, 0.5) is 5.69 Å². The van der Waals surface area contributed by atoms with Crippen LogP contribution in [0.15, 0.2) is 89.0 Å². The number of imidazole rings is 1. The van der Waals surface area contributed by atoms with E-state index in [4.69, 9.17) is 0 Å². The average molecular weight is 355 g/mol. The van der Waals surface area contributed by atoms with Gasteiger partial charge in [-0.15, -0.1) is 0 Å². The number of hydrogen-bond donors (Lipinski definition) is 3. The minimum atomic E-state index is 0.216. The smallest absolute Gasteiger partial charge is 0.190 e. The van der Waals surface area contributed by atoms with E-state index in [2.05, 4.69) is 25.5 Å². The van der Waals surface area contributed by atoms with Crippen LogP contribution in [0.1, 0.15) is 11.4 Å². The molecule has 3 N–H and O–H groups in total. The molecule has 1 aromatic heterocycles. The van der Waals surface area contributed by atoms with E-state index in [-0.39, 0.29) is 5.75 Å². The van der Waals surface area contributed by atoms with Crippen molar-refractivity contribution < 1.29 is 5.11 Å². The van der Waals surface area contributed by atoms with Crippen molar-refractivity contribution in [2.24, 2.45) is 10.1 Å². The van der Waals surface area contributed by atoms with Gasteiger partial charge in [-0.05, 0) is 54.1 Å². The number of phenols is 1. The van der Waals surface area contributed by atoms with Gasteiger partial charge in [0.15, 0.2) is 11.7 Å². The van der Waals surface area contributed by atoms with Crippen molar-refractivity contribution in [3.8, 4) is 5.75 Å². The Morgan fingerprint density at radius 1 is 0.926 bits per heavy atom. The monoisotopic (exact) mass is 355 g/mol. The summed E-state index contributed by atoms with van der Waals surface area (Å²) in [6.45, 7) is 0. The summed E-state index contributed by atoms with van der Waals surface area (Å²) < 4.78 is 0. The van der Waals surface area contributed by atoms with Gasteiger partial charge in [-0.25, -0.2) is 9.98 Å². The Labute approximate surface area is 155 Å². The Kier molecular flexibility index (Phi) is 4.61. The second-order valence-corrected chi connectivity index (χ2v) is 5.86. The standard InChI is InChI=1S/C21H17N5O/c27-17-12-10-15(11-13-17)14-22-26-21(23-16-6-2-1-3-7-16)20-24-18-8-4-5-9-19(18)25-20/h1-14,27H,(H,23,26)(H,24,25). The molecule has 1 heterocycles. The third-order valence-corrected chi connectivity index (χ3v) is 3.89. The summed E-state index contributed by atoms with van der Waals surface area (Å²) in [6.07, 6.45) is 1.66. The van der Waals surface area contributed by atoms with Crippen molar-refractivity contribution in [1.82, 2.24) is 15.4 Å². The molecular formula is C21H17N5O. The molecule has 0 unspecified atom stereocenters. The summed E-state index contributed by atoms with van der Waals surface area (Å²) in [5, 5.41) is 13.6. The summed E-state index contributed by atoms with van der Waals surface area (Å²) in [5.41, 5.74) is 6.40. The maximum Gasteiger partial charge on any atom is 0.190 e. The summed E-state index contributed by atoms with van der Waals surface area (Å²) in [5.74, 6) is 1.32. The Hall–Kier alpha value is -3.93. The van der Waals surface area contributed by atoms with E-state index in [0.29, 0.717) is 11.7 Å². The van der Waals surface area contributed by atoms with Crippen molar-refractivity contribution in [3.05, 3.63) is 90.3 Å². The number of nitrogens with one attached hydrogen (secondary N) is 2. The quantitative estimate of drug-likeness (QED) is 0.294. The van der Waals surface area contributed by atoms with E-state index in [0.717, 1.165) is 22.3 Å². The van der Waals surface area contributed by atoms with Crippen molar-refractivity contribution in [1.29, 1.82) is 0 Å². The molecule has 0 amide bonds. The largest absolute Gasteiger partial charge is 0.508 e. The zero-order valence-electron chi connectivity index (χ0n) is 14.4. The van der Waals surface area contributed by atoms with Crippen LogP contribution in [0.5, 0.6) is 5.75 Å². The fourth-order valence-corrected chi connectivity index (χ4v) is 2.56. The maximum absolute atomic E-state index is 9.36. The Morgan fingerprint density at radius 3 is 2.44 bits per heavy atom. The molecule has 0 aliphatic heterocycles. The molecule has 6 nitrogen and oxygen atoms in total. The van der Waals surface area contributed by atoms with Crippen LogP contribution in [-0.4, -0.2) is 27.1 Å². The number of aromatic nitrogens is 2. The van der Waals surface area contributed by atoms with Gasteiger partial charge in [0.2, 0.25) is 0 Å². The van der Waals surface area contributed by atoms with E-state index in [1.54, 1.807) is 30.5 Å². The van der Waals surface area contributed by atoms with Gasteiger partial charge in [-0.3, -0.25) is 5.43 Å². The molecule has 27 heavy (non-hydrogen) atoms. The lowest BCUT2D eigenvalue weighted by atomic mass is 10.2. The number of fused-ring (bicyclic) bond motifs is 1. The number of phenolic OH excluding ortho intramolecular Hbond substituents is 1. The summed E-state index contributed by atoms with van der Waals surface area (Å²) in [4.78, 5) is 12.5. The fraction of sp³-hybridized carbons (Fsp3) is 0. The minimum absolute atomic E-state index is 0.216. The van der Waals surface area contributed by atoms with Crippen LogP contribution in [0, 0.1) is 0 Å². The molecule has 4 rings (SSSR count). The molecule has 0 saturated heterocycles. The molecule has 0 saturated carbocycles. The molecule has 4 aromatic rings. The van der Waals surface area contributed by atoms with Crippen LogP contribution in [0.25, 0.3) is 11.0 Å². The van der Waals surface area contributed by atoms with E-state index in [1.165, 1.54) is 0 Å². The first-order valence-corrected chi connectivity index (χ1v) is 8.45. The third-order valence-electron chi connectivity index (χ3n) is 3.89. The molecule has 132 valence electrons. The number of aromatic hydroxyl groups is 1. The zero-order chi connectivity index (χ0) is 18.5. The van der Waals surface area contributed by atoms with E-state index in [1.807, 2.05) is 54.6 Å². The molecule has 0 radical (unpaired) electrons. The molecule has 0 aliphatic carbocycles. The fourth-order valence-electron chi connectivity index (χ4n) is 2.56. The van der Waals surface area contributed by atoms with E-state index < -0.39 is 0 Å². The second-order valence-electron chi connectivity index (χ2n) is 5.86. The summed E-state index contributed by atoms with van der Waals surface area (Å²) in [7, 11) is 0. The van der Waals surface area contributed by atoms with Crippen LogP contribution in [-0.2, 0) is 0 Å². The van der Waals surface area contributed by atoms with Crippen LogP contribution in [0.2, 0.25) is 0 Å². The highest BCUT2D eigenvalue weighted by Crippen LogP contribution is 2.14. The molecular weight excluding hydrogens is 338 g/mol. The predicted octanol–water partition coefficient (Wildman–Crippen LogP) is 3.97. The summed E-state index contributed by atoms with van der Waals surface area (Å²) >= 11 is 0. The number of nitrogens with zero attached hydrogens (tertiary/aromatic N) is 3. The molecule has 6 heteroatoms. The van der Waals surface area contributed by atoms with Crippen molar-refractivity contribution in [3.63, 3.8) is 0 Å². The highest BCUT2D eigenvalue weighted by Gasteiger charge is 2.09. The first kappa shape index (κ1) is 16.5. The van der Waals surface area contributed by atoms with Gasteiger partial charge in [0.1, 0.15) is 5.75 Å². The first-order valence-electron chi connectivity index (χ1n) is 8.45. The number of H-pyrrole nitrogens is 1. The molecule has 3 aromatic carbocycles. The number of aromatic amines is 1. The highest BCUT2D eigenvalue weighted by atomic mass is 16.3. The SMILES string of the molecule is Oc1ccc(C=NNC(=Nc2ccccc2)c2nc3ccccc3[nH]2)cc1. The van der Waals surface area contributed by atoms with Crippen molar-refractivity contribution in [2.75, 3.05) is 0 Å². The van der Waals surface area contributed by atoms with Gasteiger partial charge < -0.3 is 10.1 Å². The van der Waals surface area contributed by atoms with Gasteiger partial charge in [0.25, 0.3) is 0 Å². The van der Waals surface area contributed by atoms with Crippen molar-refractivity contribution >= 4 is 28.8 Å².